The van der Waals surface area contributed by atoms with E-state index in [1.165, 1.54) is 12.8 Å². The third-order valence-electron chi connectivity index (χ3n) is 2.63. The van der Waals surface area contributed by atoms with Crippen molar-refractivity contribution in [2.45, 2.75) is 12.8 Å². The van der Waals surface area contributed by atoms with Gasteiger partial charge < -0.3 is 19.9 Å². The van der Waals surface area contributed by atoms with E-state index >= 15 is 0 Å². The van der Waals surface area contributed by atoms with E-state index in [2.05, 4.69) is 0 Å². The first-order chi connectivity index (χ1) is 7.33. The van der Waals surface area contributed by atoms with Crippen LogP contribution in [0.5, 0.6) is 17.2 Å². The number of nitrogens with two attached hydrogens (primary N) is 1. The molecule has 0 amide bonds. The quantitative estimate of drug-likeness (QED) is 0.768. The van der Waals surface area contributed by atoms with E-state index < -0.39 is 0 Å². The Morgan fingerprint density at radius 3 is 3.00 bits per heavy atom. The Morgan fingerprint density at radius 1 is 1.33 bits per heavy atom. The third-order valence-corrected chi connectivity index (χ3v) is 2.63. The van der Waals surface area contributed by atoms with Gasteiger partial charge in [0.2, 0.25) is 12.5 Å². The number of benzene rings is 1. The zero-order valence-electron chi connectivity index (χ0n) is 8.36. The van der Waals surface area contributed by atoms with Crippen LogP contribution in [0.25, 0.3) is 0 Å². The van der Waals surface area contributed by atoms with Crippen LogP contribution in [-0.2, 0) is 0 Å². The number of hydrogen-bond acceptors (Lipinski definition) is 4. The molecule has 1 heterocycles. The summed E-state index contributed by atoms with van der Waals surface area (Å²) >= 11 is 0. The van der Waals surface area contributed by atoms with Crippen LogP contribution in [-0.4, -0.2) is 13.4 Å². The first-order valence-corrected chi connectivity index (χ1v) is 5.15. The van der Waals surface area contributed by atoms with Gasteiger partial charge in [-0.1, -0.05) is 0 Å². The maximum Gasteiger partial charge on any atom is 0.231 e. The Bertz CT molecular complexity index is 388. The van der Waals surface area contributed by atoms with Crippen LogP contribution in [0.4, 0.5) is 5.69 Å². The molecule has 1 fully saturated rings. The average Bonchev–Trinajstić information content (AvgIpc) is 2.92. The van der Waals surface area contributed by atoms with E-state index in [9.17, 15) is 0 Å². The lowest BCUT2D eigenvalue weighted by molar-refractivity contribution is 0.169. The lowest BCUT2D eigenvalue weighted by atomic mass is 10.2. The summed E-state index contributed by atoms with van der Waals surface area (Å²) in [6, 6.07) is 3.54. The molecule has 15 heavy (non-hydrogen) atoms. The van der Waals surface area contributed by atoms with Crippen molar-refractivity contribution >= 4 is 5.69 Å². The summed E-state index contributed by atoms with van der Waals surface area (Å²) in [6.07, 6.45) is 2.53. The van der Waals surface area contributed by atoms with Crippen molar-refractivity contribution in [2.75, 3.05) is 19.1 Å². The number of rotatable bonds is 3. The van der Waals surface area contributed by atoms with Gasteiger partial charge >= 0.3 is 0 Å². The fraction of sp³-hybridized carbons (Fsp3) is 0.455. The molecule has 0 unspecified atom stereocenters. The first-order valence-electron chi connectivity index (χ1n) is 5.15. The van der Waals surface area contributed by atoms with Crippen molar-refractivity contribution in [3.63, 3.8) is 0 Å². The average molecular weight is 207 g/mol. The summed E-state index contributed by atoms with van der Waals surface area (Å²) in [5, 5.41) is 0. The highest BCUT2D eigenvalue weighted by Gasteiger charge is 2.25. The van der Waals surface area contributed by atoms with Gasteiger partial charge in [0.15, 0.2) is 11.5 Å². The molecule has 0 atom stereocenters. The summed E-state index contributed by atoms with van der Waals surface area (Å²) in [4.78, 5) is 0. The Labute approximate surface area is 87.9 Å². The summed E-state index contributed by atoms with van der Waals surface area (Å²) in [5.41, 5.74) is 6.38. The molecule has 0 radical (unpaired) electrons. The molecule has 0 spiro atoms. The molecule has 0 saturated heterocycles. The van der Waals surface area contributed by atoms with Crippen molar-refractivity contribution in [1.82, 2.24) is 0 Å². The molecule has 1 aromatic carbocycles. The van der Waals surface area contributed by atoms with Gasteiger partial charge in [0.1, 0.15) is 0 Å². The van der Waals surface area contributed by atoms with Crippen molar-refractivity contribution in [2.24, 2.45) is 5.92 Å². The van der Waals surface area contributed by atoms with Crippen LogP contribution in [0.2, 0.25) is 0 Å². The molecular formula is C11H13NO3. The Hall–Kier alpha value is -1.58. The maximum absolute atomic E-state index is 5.74. The standard InChI is InChI=1S/C11H13NO3/c12-8-3-9(13-5-7-1-2-7)11-10(4-8)14-6-15-11/h3-4,7H,1-2,5-6,12H2. The first kappa shape index (κ1) is 8.71. The zero-order valence-corrected chi connectivity index (χ0v) is 8.36. The highest BCUT2D eigenvalue weighted by Crippen LogP contribution is 2.43. The van der Waals surface area contributed by atoms with Gasteiger partial charge in [0, 0.05) is 17.8 Å². The van der Waals surface area contributed by atoms with Crippen LogP contribution < -0.4 is 19.9 Å². The van der Waals surface area contributed by atoms with Crippen LogP contribution in [0.1, 0.15) is 12.8 Å². The van der Waals surface area contributed by atoms with Gasteiger partial charge in [-0.05, 0) is 18.8 Å². The highest BCUT2D eigenvalue weighted by atomic mass is 16.7. The molecule has 0 bridgehead atoms. The molecule has 4 heteroatoms. The number of ether oxygens (including phenoxy) is 3. The molecule has 2 aliphatic rings. The van der Waals surface area contributed by atoms with Crippen LogP contribution in [0.3, 0.4) is 0 Å². The van der Waals surface area contributed by atoms with Crippen molar-refractivity contribution < 1.29 is 14.2 Å². The minimum Gasteiger partial charge on any atom is -0.489 e. The van der Waals surface area contributed by atoms with E-state index in [1.807, 2.05) is 0 Å². The summed E-state index contributed by atoms with van der Waals surface area (Å²) < 4.78 is 16.3. The van der Waals surface area contributed by atoms with Gasteiger partial charge in [-0.25, -0.2) is 0 Å². The van der Waals surface area contributed by atoms with E-state index in [0.29, 0.717) is 28.9 Å². The van der Waals surface area contributed by atoms with Gasteiger partial charge in [0.05, 0.1) is 6.61 Å². The highest BCUT2D eigenvalue weighted by molar-refractivity contribution is 5.61. The van der Waals surface area contributed by atoms with Gasteiger partial charge in [0.25, 0.3) is 0 Å². The molecule has 2 N–H and O–H groups in total. The molecule has 1 aromatic rings. The minimum absolute atomic E-state index is 0.249. The number of hydrogen-bond donors (Lipinski definition) is 1. The Kier molecular flexibility index (Phi) is 1.87. The predicted octanol–water partition coefficient (Wildman–Crippen LogP) is 1.79. The van der Waals surface area contributed by atoms with E-state index in [0.717, 1.165) is 6.61 Å². The smallest absolute Gasteiger partial charge is 0.231 e. The number of nitrogen functional groups attached to an aromatic ring is 1. The second kappa shape index (κ2) is 3.22. The molecule has 80 valence electrons. The Balaban J connectivity index is 1.84. The second-order valence-corrected chi connectivity index (χ2v) is 4.01. The lowest BCUT2D eigenvalue weighted by Gasteiger charge is -2.08. The molecule has 1 aliphatic carbocycles. The van der Waals surface area contributed by atoms with Crippen molar-refractivity contribution in [3.05, 3.63) is 12.1 Å². The molecule has 4 nitrogen and oxygen atoms in total. The number of anilines is 1. The topological polar surface area (TPSA) is 53.7 Å². The van der Waals surface area contributed by atoms with Crippen molar-refractivity contribution in [3.8, 4) is 17.2 Å². The zero-order chi connectivity index (χ0) is 10.3. The summed E-state index contributed by atoms with van der Waals surface area (Å²) in [6.45, 7) is 0.998. The monoisotopic (exact) mass is 207 g/mol. The van der Waals surface area contributed by atoms with Gasteiger partial charge in [-0.2, -0.15) is 0 Å². The van der Waals surface area contributed by atoms with Crippen LogP contribution >= 0.6 is 0 Å². The van der Waals surface area contributed by atoms with Crippen LogP contribution in [0.15, 0.2) is 12.1 Å². The summed E-state index contributed by atoms with van der Waals surface area (Å²) in [7, 11) is 0. The molecule has 1 aliphatic heterocycles. The third kappa shape index (κ3) is 1.67. The van der Waals surface area contributed by atoms with E-state index in [4.69, 9.17) is 19.9 Å². The second-order valence-electron chi connectivity index (χ2n) is 4.01. The predicted molar refractivity (Wildman–Crippen MR) is 55.2 cm³/mol. The number of fused-ring (bicyclic) bond motifs is 1. The van der Waals surface area contributed by atoms with E-state index in [1.54, 1.807) is 12.1 Å². The molecule has 3 rings (SSSR count). The largest absolute Gasteiger partial charge is 0.489 e. The van der Waals surface area contributed by atoms with E-state index in [-0.39, 0.29) is 6.79 Å². The fourth-order valence-electron chi connectivity index (χ4n) is 1.60. The fourth-order valence-corrected chi connectivity index (χ4v) is 1.60. The van der Waals surface area contributed by atoms with Gasteiger partial charge in [-0.3, -0.25) is 0 Å². The Morgan fingerprint density at radius 2 is 2.20 bits per heavy atom. The molecule has 1 saturated carbocycles. The van der Waals surface area contributed by atoms with Gasteiger partial charge in [-0.15, -0.1) is 0 Å². The minimum atomic E-state index is 0.249. The molecule has 0 aromatic heterocycles. The lowest BCUT2D eigenvalue weighted by Crippen LogP contribution is -2.01. The van der Waals surface area contributed by atoms with Crippen LogP contribution in [0, 0.1) is 5.92 Å². The van der Waals surface area contributed by atoms with Crippen molar-refractivity contribution in [1.29, 1.82) is 0 Å². The molecular weight excluding hydrogens is 194 g/mol. The SMILES string of the molecule is Nc1cc2c(c(OCC3CC3)c1)OCO2. The maximum atomic E-state index is 5.74. The summed E-state index contributed by atoms with van der Waals surface area (Å²) in [5.74, 6) is 2.78. The normalized spacial score (nSPS) is 17.9.